The average molecular weight is 421 g/mol. The van der Waals surface area contributed by atoms with Crippen LogP contribution in [0.25, 0.3) is 11.0 Å². The molecule has 1 aromatic carbocycles. The SMILES string of the molecule is CC(=O)N1CCC[C@H](c2[nH]c3ncccc3c2CN(C)CCOc2ccc(C)cc2)C1. The summed E-state index contributed by atoms with van der Waals surface area (Å²) < 4.78 is 5.92. The third kappa shape index (κ3) is 5.07. The number of aromatic nitrogens is 2. The number of likely N-dealkylation sites (tertiary alicyclic amines) is 1. The maximum atomic E-state index is 11.9. The number of likely N-dealkylation sites (N-methyl/N-ethyl adjacent to an activating group) is 1. The molecule has 3 heterocycles. The van der Waals surface area contributed by atoms with E-state index in [0.29, 0.717) is 12.5 Å². The van der Waals surface area contributed by atoms with Gasteiger partial charge in [0.05, 0.1) is 0 Å². The molecule has 0 unspecified atom stereocenters. The van der Waals surface area contributed by atoms with E-state index >= 15 is 0 Å². The number of ether oxygens (including phenoxy) is 1. The number of amides is 1. The van der Waals surface area contributed by atoms with Crippen molar-refractivity contribution in [3.8, 4) is 5.75 Å². The number of nitrogens with one attached hydrogen (secondary N) is 1. The molecular weight excluding hydrogens is 388 g/mol. The normalized spacial score (nSPS) is 16.8. The molecule has 2 aromatic heterocycles. The molecule has 0 bridgehead atoms. The monoisotopic (exact) mass is 420 g/mol. The number of aromatic amines is 1. The van der Waals surface area contributed by atoms with Gasteiger partial charge in [-0.2, -0.15) is 0 Å². The van der Waals surface area contributed by atoms with Crippen LogP contribution in [0.3, 0.4) is 0 Å². The molecule has 0 spiro atoms. The van der Waals surface area contributed by atoms with Gasteiger partial charge in [0.2, 0.25) is 5.91 Å². The Morgan fingerprint density at radius 2 is 2.10 bits per heavy atom. The molecule has 164 valence electrons. The van der Waals surface area contributed by atoms with E-state index in [1.807, 2.05) is 29.3 Å². The lowest BCUT2D eigenvalue weighted by atomic mass is 9.91. The first-order valence-electron chi connectivity index (χ1n) is 11.1. The van der Waals surface area contributed by atoms with Crippen LogP contribution in [0.15, 0.2) is 42.6 Å². The number of pyridine rings is 1. The van der Waals surface area contributed by atoms with Crippen LogP contribution >= 0.6 is 0 Å². The number of H-pyrrole nitrogens is 1. The van der Waals surface area contributed by atoms with E-state index in [1.54, 1.807) is 6.92 Å². The van der Waals surface area contributed by atoms with Crippen molar-refractivity contribution in [2.75, 3.05) is 33.3 Å². The fourth-order valence-electron chi connectivity index (χ4n) is 4.42. The number of rotatable bonds is 7. The van der Waals surface area contributed by atoms with E-state index in [9.17, 15) is 4.79 Å². The highest BCUT2D eigenvalue weighted by Gasteiger charge is 2.27. The summed E-state index contributed by atoms with van der Waals surface area (Å²) in [5, 5.41) is 1.17. The zero-order valence-electron chi connectivity index (χ0n) is 18.7. The van der Waals surface area contributed by atoms with Gasteiger partial charge in [0.15, 0.2) is 0 Å². The Labute approximate surface area is 184 Å². The van der Waals surface area contributed by atoms with Gasteiger partial charge in [0, 0.05) is 56.3 Å². The fraction of sp³-hybridized carbons (Fsp3) is 0.440. The number of aryl methyl sites for hydroxylation is 1. The maximum Gasteiger partial charge on any atom is 0.219 e. The summed E-state index contributed by atoms with van der Waals surface area (Å²) in [6.45, 7) is 7.65. The Hall–Kier alpha value is -2.86. The molecule has 0 radical (unpaired) electrons. The minimum absolute atomic E-state index is 0.158. The molecule has 6 nitrogen and oxygen atoms in total. The van der Waals surface area contributed by atoms with Crippen molar-refractivity contribution in [2.45, 2.75) is 39.2 Å². The standard InChI is InChI=1S/C25H32N4O2/c1-18-8-10-21(11-9-18)31-15-14-28(3)17-23-22-7-4-12-26-25(22)27-24(23)20-6-5-13-29(16-20)19(2)30/h4,7-12,20H,5-6,13-17H2,1-3H3,(H,26,27)/t20-/m0/s1. The van der Waals surface area contributed by atoms with Crippen LogP contribution in [0.1, 0.15) is 42.5 Å². The molecule has 6 heteroatoms. The zero-order valence-corrected chi connectivity index (χ0v) is 18.7. The number of benzene rings is 1. The van der Waals surface area contributed by atoms with Crippen LogP contribution in [0.2, 0.25) is 0 Å². The highest BCUT2D eigenvalue weighted by molar-refractivity contribution is 5.81. The molecule has 0 saturated carbocycles. The summed E-state index contributed by atoms with van der Waals surface area (Å²) in [5.41, 5.74) is 4.68. The summed E-state index contributed by atoms with van der Waals surface area (Å²) in [7, 11) is 2.13. The largest absolute Gasteiger partial charge is 0.492 e. The van der Waals surface area contributed by atoms with Crippen LogP contribution in [0.4, 0.5) is 0 Å². The number of fused-ring (bicyclic) bond motifs is 1. The number of nitrogens with zero attached hydrogens (tertiary/aromatic N) is 3. The van der Waals surface area contributed by atoms with Gasteiger partial charge in [0.25, 0.3) is 0 Å². The first-order valence-corrected chi connectivity index (χ1v) is 11.1. The molecule has 1 saturated heterocycles. The summed E-state index contributed by atoms with van der Waals surface area (Å²) in [4.78, 5) is 24.3. The number of carbonyl (C=O) groups excluding carboxylic acids is 1. The average Bonchev–Trinajstić information content (AvgIpc) is 3.13. The lowest BCUT2D eigenvalue weighted by Gasteiger charge is -2.32. The van der Waals surface area contributed by atoms with Crippen molar-refractivity contribution < 1.29 is 9.53 Å². The number of piperidine rings is 1. The molecule has 3 aromatic rings. The van der Waals surface area contributed by atoms with E-state index in [4.69, 9.17) is 4.74 Å². The lowest BCUT2D eigenvalue weighted by Crippen LogP contribution is -2.38. The molecule has 1 fully saturated rings. The quantitative estimate of drug-likeness (QED) is 0.625. The first kappa shape index (κ1) is 21.4. The Morgan fingerprint density at radius 3 is 2.87 bits per heavy atom. The van der Waals surface area contributed by atoms with E-state index < -0.39 is 0 Å². The van der Waals surface area contributed by atoms with Crippen molar-refractivity contribution in [2.24, 2.45) is 0 Å². The van der Waals surface area contributed by atoms with Gasteiger partial charge in [-0.1, -0.05) is 17.7 Å². The minimum atomic E-state index is 0.158. The Bertz CT molecular complexity index is 1030. The molecule has 1 aliphatic heterocycles. The number of hydrogen-bond acceptors (Lipinski definition) is 4. The van der Waals surface area contributed by atoms with Gasteiger partial charge in [-0.05, 0) is 56.6 Å². The second-order valence-electron chi connectivity index (χ2n) is 8.62. The van der Waals surface area contributed by atoms with E-state index in [2.05, 4.69) is 47.0 Å². The van der Waals surface area contributed by atoms with E-state index in [0.717, 1.165) is 50.4 Å². The van der Waals surface area contributed by atoms with Crippen molar-refractivity contribution in [1.82, 2.24) is 19.8 Å². The fourth-order valence-corrected chi connectivity index (χ4v) is 4.42. The van der Waals surface area contributed by atoms with Crippen molar-refractivity contribution in [1.29, 1.82) is 0 Å². The summed E-state index contributed by atoms with van der Waals surface area (Å²) in [5.74, 6) is 1.38. The number of hydrogen-bond donors (Lipinski definition) is 1. The summed E-state index contributed by atoms with van der Waals surface area (Å²) in [6.07, 6.45) is 3.95. The smallest absolute Gasteiger partial charge is 0.219 e. The van der Waals surface area contributed by atoms with Crippen LogP contribution in [0, 0.1) is 6.92 Å². The van der Waals surface area contributed by atoms with Gasteiger partial charge >= 0.3 is 0 Å². The highest BCUT2D eigenvalue weighted by atomic mass is 16.5. The molecule has 31 heavy (non-hydrogen) atoms. The molecule has 4 rings (SSSR count). The van der Waals surface area contributed by atoms with Gasteiger partial charge in [0.1, 0.15) is 18.0 Å². The van der Waals surface area contributed by atoms with Crippen molar-refractivity contribution in [3.05, 3.63) is 59.4 Å². The van der Waals surface area contributed by atoms with Crippen molar-refractivity contribution in [3.63, 3.8) is 0 Å². The van der Waals surface area contributed by atoms with Crippen LogP contribution in [0.5, 0.6) is 5.75 Å². The Morgan fingerprint density at radius 1 is 1.29 bits per heavy atom. The molecule has 1 atom stereocenters. The predicted molar refractivity (Wildman–Crippen MR) is 123 cm³/mol. The van der Waals surface area contributed by atoms with Crippen LogP contribution in [-0.4, -0.2) is 59.0 Å². The first-order chi connectivity index (χ1) is 15.0. The van der Waals surface area contributed by atoms with Crippen LogP contribution < -0.4 is 4.74 Å². The number of carbonyl (C=O) groups is 1. The molecular formula is C25H32N4O2. The summed E-state index contributed by atoms with van der Waals surface area (Å²) >= 11 is 0. The van der Waals surface area contributed by atoms with Gasteiger partial charge < -0.3 is 14.6 Å². The lowest BCUT2D eigenvalue weighted by molar-refractivity contribution is -0.130. The second kappa shape index (κ2) is 9.52. The minimum Gasteiger partial charge on any atom is -0.492 e. The topological polar surface area (TPSA) is 61.5 Å². The molecule has 1 N–H and O–H groups in total. The third-order valence-corrected chi connectivity index (χ3v) is 6.18. The van der Waals surface area contributed by atoms with Gasteiger partial charge in [-0.15, -0.1) is 0 Å². The zero-order chi connectivity index (χ0) is 21.8. The molecule has 1 aliphatic rings. The second-order valence-corrected chi connectivity index (χ2v) is 8.62. The van der Waals surface area contributed by atoms with E-state index in [-0.39, 0.29) is 5.91 Å². The maximum absolute atomic E-state index is 11.9. The molecule has 1 amide bonds. The van der Waals surface area contributed by atoms with E-state index in [1.165, 1.54) is 22.2 Å². The Balaban J connectivity index is 1.47. The summed E-state index contributed by atoms with van der Waals surface area (Å²) in [6, 6.07) is 12.3. The van der Waals surface area contributed by atoms with Gasteiger partial charge in [-0.25, -0.2) is 4.98 Å². The highest BCUT2D eigenvalue weighted by Crippen LogP contribution is 2.33. The van der Waals surface area contributed by atoms with Crippen molar-refractivity contribution >= 4 is 16.9 Å². The molecule has 0 aliphatic carbocycles. The van der Waals surface area contributed by atoms with Crippen LogP contribution in [-0.2, 0) is 11.3 Å². The predicted octanol–water partition coefficient (Wildman–Crippen LogP) is 4.11. The Kier molecular flexibility index (Phi) is 6.56. The van der Waals surface area contributed by atoms with Gasteiger partial charge in [-0.3, -0.25) is 9.69 Å². The third-order valence-electron chi connectivity index (χ3n) is 6.18.